The first kappa shape index (κ1) is 12.1. The van der Waals surface area contributed by atoms with E-state index in [0.717, 1.165) is 0 Å². The molecule has 94 valence electrons. The highest BCUT2D eigenvalue weighted by molar-refractivity contribution is 5.59. The Bertz CT molecular complexity index is 652. The number of nitrogen functional groups attached to an aromatic ring is 1. The van der Waals surface area contributed by atoms with E-state index in [0.29, 0.717) is 11.1 Å². The van der Waals surface area contributed by atoms with Crippen LogP contribution in [0.5, 0.6) is 5.75 Å². The molecule has 0 bridgehead atoms. The van der Waals surface area contributed by atoms with Gasteiger partial charge in [0.1, 0.15) is 11.6 Å². The van der Waals surface area contributed by atoms with Gasteiger partial charge in [-0.25, -0.2) is 9.37 Å². The van der Waals surface area contributed by atoms with Crippen molar-refractivity contribution >= 4 is 5.82 Å². The smallest absolute Gasteiger partial charge is 0.256 e. The second-order valence-electron chi connectivity index (χ2n) is 3.77. The van der Waals surface area contributed by atoms with Crippen LogP contribution in [0.1, 0.15) is 5.56 Å². The van der Waals surface area contributed by atoms with E-state index in [2.05, 4.69) is 9.97 Å². The molecular weight excluding hydrogens is 237 g/mol. The van der Waals surface area contributed by atoms with Gasteiger partial charge >= 0.3 is 0 Å². The van der Waals surface area contributed by atoms with Crippen molar-refractivity contribution in [3.63, 3.8) is 0 Å². The third-order valence-electron chi connectivity index (χ3n) is 2.61. The van der Waals surface area contributed by atoms with Gasteiger partial charge in [0.2, 0.25) is 0 Å². The van der Waals surface area contributed by atoms with Gasteiger partial charge in [-0.3, -0.25) is 4.79 Å². The summed E-state index contributed by atoms with van der Waals surface area (Å²) in [7, 11) is 1.36. The number of anilines is 1. The van der Waals surface area contributed by atoms with Crippen LogP contribution in [-0.2, 0) is 0 Å². The molecule has 5 nitrogen and oxygen atoms in total. The average Bonchev–Trinajstić information content (AvgIpc) is 2.36. The highest BCUT2D eigenvalue weighted by Crippen LogP contribution is 2.24. The second-order valence-corrected chi connectivity index (χ2v) is 3.77. The predicted molar refractivity (Wildman–Crippen MR) is 66.0 cm³/mol. The lowest BCUT2D eigenvalue weighted by Crippen LogP contribution is -2.15. The third-order valence-corrected chi connectivity index (χ3v) is 2.61. The van der Waals surface area contributed by atoms with Crippen LogP contribution in [0.2, 0.25) is 0 Å². The number of methoxy groups -OCH3 is 1. The quantitative estimate of drug-likeness (QED) is 0.844. The van der Waals surface area contributed by atoms with Gasteiger partial charge < -0.3 is 15.5 Å². The molecule has 0 aliphatic rings. The number of hydrogen-bond donors (Lipinski definition) is 2. The van der Waals surface area contributed by atoms with Gasteiger partial charge in [0.05, 0.1) is 12.7 Å². The number of nitrogens with two attached hydrogens (primary N) is 1. The first-order valence-corrected chi connectivity index (χ1v) is 5.23. The van der Waals surface area contributed by atoms with Crippen molar-refractivity contribution < 1.29 is 9.13 Å². The molecular formula is C12H12FN3O2. The minimum Gasteiger partial charge on any atom is -0.494 e. The van der Waals surface area contributed by atoms with Crippen LogP contribution < -0.4 is 16.0 Å². The molecule has 1 aromatic carbocycles. The summed E-state index contributed by atoms with van der Waals surface area (Å²) in [6.45, 7) is 1.58. The van der Waals surface area contributed by atoms with Crippen molar-refractivity contribution in [1.29, 1.82) is 0 Å². The molecule has 0 spiro atoms. The number of ether oxygens (including phenoxy) is 1. The number of aromatic amines is 1. The maximum absolute atomic E-state index is 13.3. The van der Waals surface area contributed by atoms with Crippen LogP contribution in [0.15, 0.2) is 23.0 Å². The number of hydrogen-bond acceptors (Lipinski definition) is 4. The Morgan fingerprint density at radius 3 is 2.78 bits per heavy atom. The van der Waals surface area contributed by atoms with E-state index in [4.69, 9.17) is 10.5 Å². The molecule has 0 saturated heterocycles. The van der Waals surface area contributed by atoms with Crippen molar-refractivity contribution in [3.8, 4) is 17.1 Å². The largest absolute Gasteiger partial charge is 0.494 e. The van der Waals surface area contributed by atoms with Crippen LogP contribution in [0.4, 0.5) is 10.2 Å². The zero-order chi connectivity index (χ0) is 13.3. The molecule has 0 aliphatic carbocycles. The van der Waals surface area contributed by atoms with Gasteiger partial charge in [0, 0.05) is 5.56 Å². The Labute approximate surface area is 102 Å². The predicted octanol–water partition coefficient (Wildman–Crippen LogP) is 1.48. The fourth-order valence-electron chi connectivity index (χ4n) is 1.49. The third kappa shape index (κ3) is 2.04. The number of rotatable bonds is 2. The zero-order valence-corrected chi connectivity index (χ0v) is 9.95. The number of halogens is 1. The lowest BCUT2D eigenvalue weighted by Gasteiger charge is -2.06. The fourth-order valence-corrected chi connectivity index (χ4v) is 1.49. The molecule has 1 heterocycles. The highest BCUT2D eigenvalue weighted by atomic mass is 19.1. The molecule has 3 N–H and O–H groups in total. The molecule has 0 atom stereocenters. The molecule has 0 saturated carbocycles. The van der Waals surface area contributed by atoms with Crippen molar-refractivity contribution in [2.24, 2.45) is 0 Å². The van der Waals surface area contributed by atoms with Gasteiger partial charge in [0.15, 0.2) is 11.6 Å². The first-order chi connectivity index (χ1) is 8.52. The normalized spacial score (nSPS) is 10.4. The summed E-state index contributed by atoms with van der Waals surface area (Å²) in [5.41, 5.74) is 6.18. The van der Waals surface area contributed by atoms with E-state index in [-0.39, 0.29) is 23.0 Å². The maximum atomic E-state index is 13.3. The molecule has 2 aromatic rings. The summed E-state index contributed by atoms with van der Waals surface area (Å²) in [4.78, 5) is 18.2. The molecule has 2 rings (SSSR count). The van der Waals surface area contributed by atoms with Crippen LogP contribution in [0.25, 0.3) is 11.4 Å². The van der Waals surface area contributed by atoms with E-state index < -0.39 is 5.82 Å². The highest BCUT2D eigenvalue weighted by Gasteiger charge is 2.09. The van der Waals surface area contributed by atoms with Crippen molar-refractivity contribution in [3.05, 3.63) is 39.9 Å². The molecule has 18 heavy (non-hydrogen) atoms. The van der Waals surface area contributed by atoms with E-state index in [9.17, 15) is 9.18 Å². The monoisotopic (exact) mass is 249 g/mol. The molecule has 0 aliphatic heterocycles. The number of nitrogens with zero attached hydrogens (tertiary/aromatic N) is 1. The van der Waals surface area contributed by atoms with Crippen LogP contribution in [0.3, 0.4) is 0 Å². The van der Waals surface area contributed by atoms with E-state index in [1.807, 2.05) is 0 Å². The second kappa shape index (κ2) is 4.48. The Kier molecular flexibility index (Phi) is 3.01. The summed E-state index contributed by atoms with van der Waals surface area (Å²) >= 11 is 0. The van der Waals surface area contributed by atoms with Gasteiger partial charge in [-0.2, -0.15) is 0 Å². The van der Waals surface area contributed by atoms with Crippen molar-refractivity contribution in [1.82, 2.24) is 9.97 Å². The Morgan fingerprint density at radius 2 is 2.17 bits per heavy atom. The number of H-pyrrole nitrogens is 1. The maximum Gasteiger partial charge on any atom is 0.256 e. The summed E-state index contributed by atoms with van der Waals surface area (Å²) in [5, 5.41) is 0. The van der Waals surface area contributed by atoms with Crippen molar-refractivity contribution in [2.45, 2.75) is 6.92 Å². The number of benzene rings is 1. The minimum atomic E-state index is -0.483. The van der Waals surface area contributed by atoms with Gasteiger partial charge in [-0.1, -0.05) is 0 Å². The fraction of sp³-hybridized carbons (Fsp3) is 0.167. The van der Waals surface area contributed by atoms with Crippen LogP contribution in [0, 0.1) is 12.7 Å². The molecule has 0 amide bonds. The summed E-state index contributed by atoms with van der Waals surface area (Å²) in [5.74, 6) is 0.0245. The lowest BCUT2D eigenvalue weighted by molar-refractivity contribution is 0.387. The van der Waals surface area contributed by atoms with E-state index in [1.54, 1.807) is 6.92 Å². The van der Waals surface area contributed by atoms with Gasteiger partial charge in [-0.15, -0.1) is 0 Å². The Hall–Kier alpha value is -2.37. The van der Waals surface area contributed by atoms with Crippen LogP contribution in [-0.4, -0.2) is 17.1 Å². The Balaban J connectivity index is 2.59. The van der Waals surface area contributed by atoms with E-state index in [1.165, 1.54) is 25.3 Å². The summed E-state index contributed by atoms with van der Waals surface area (Å²) in [6.07, 6.45) is 0. The number of aromatic nitrogens is 2. The molecule has 0 fully saturated rings. The average molecular weight is 249 g/mol. The molecule has 0 unspecified atom stereocenters. The van der Waals surface area contributed by atoms with Gasteiger partial charge in [0.25, 0.3) is 5.56 Å². The Morgan fingerprint density at radius 1 is 1.44 bits per heavy atom. The molecule has 0 radical (unpaired) electrons. The van der Waals surface area contributed by atoms with Crippen molar-refractivity contribution in [2.75, 3.05) is 12.8 Å². The number of nitrogens with one attached hydrogen (secondary N) is 1. The first-order valence-electron chi connectivity index (χ1n) is 5.23. The topological polar surface area (TPSA) is 81.0 Å². The van der Waals surface area contributed by atoms with E-state index >= 15 is 0 Å². The zero-order valence-electron chi connectivity index (χ0n) is 9.95. The molecule has 6 heteroatoms. The standard InChI is InChI=1S/C12H12FN3O2/c1-6-10(14)15-11(16-12(6)17)7-3-4-8(13)9(5-7)18-2/h3-5H,1-2H3,(H3,14,15,16,17). The summed E-state index contributed by atoms with van der Waals surface area (Å²) < 4.78 is 18.1. The summed E-state index contributed by atoms with van der Waals surface area (Å²) in [6, 6.07) is 4.18. The SMILES string of the molecule is COc1cc(-c2nc(N)c(C)c(=O)[nH]2)ccc1F. The lowest BCUT2D eigenvalue weighted by atomic mass is 10.2. The minimum absolute atomic E-state index is 0.0781. The molecule has 1 aromatic heterocycles. The van der Waals surface area contributed by atoms with Crippen LogP contribution >= 0.6 is 0 Å². The van der Waals surface area contributed by atoms with Gasteiger partial charge in [-0.05, 0) is 25.1 Å².